The zero-order chi connectivity index (χ0) is 12.3. The van der Waals surface area contributed by atoms with Crippen molar-refractivity contribution in [1.29, 1.82) is 0 Å². The number of carbonyl (C=O) groups is 2. The van der Waals surface area contributed by atoms with E-state index < -0.39 is 17.4 Å². The maximum Gasteiger partial charge on any atom is 0.361 e. The second-order valence-corrected chi connectivity index (χ2v) is 5.04. The third kappa shape index (κ3) is 2.74. The summed E-state index contributed by atoms with van der Waals surface area (Å²) in [6, 6.07) is 0. The molecule has 0 aliphatic heterocycles. The van der Waals surface area contributed by atoms with E-state index in [1.54, 1.807) is 13.8 Å². The standard InChI is InChI=1S/C12H20O4/c1-5-6-9-7-12(9,4)11(14)16-15-10(13)8(2)3/h8-9H,5-7H2,1-4H3. The Morgan fingerprint density at radius 1 is 1.38 bits per heavy atom. The van der Waals surface area contributed by atoms with Crippen molar-refractivity contribution < 1.29 is 19.4 Å². The molecule has 2 atom stereocenters. The van der Waals surface area contributed by atoms with Gasteiger partial charge >= 0.3 is 11.9 Å². The van der Waals surface area contributed by atoms with E-state index in [0.29, 0.717) is 5.92 Å². The minimum Gasteiger partial charge on any atom is -0.247 e. The highest BCUT2D eigenvalue weighted by molar-refractivity contribution is 5.80. The molecule has 0 heterocycles. The predicted molar refractivity (Wildman–Crippen MR) is 58.1 cm³/mol. The molecule has 0 aromatic carbocycles. The van der Waals surface area contributed by atoms with Crippen LogP contribution in [0.15, 0.2) is 0 Å². The van der Waals surface area contributed by atoms with E-state index in [9.17, 15) is 9.59 Å². The maximum atomic E-state index is 11.6. The first kappa shape index (κ1) is 13.0. The van der Waals surface area contributed by atoms with Crippen LogP contribution in [-0.4, -0.2) is 11.9 Å². The van der Waals surface area contributed by atoms with Gasteiger partial charge in [0.25, 0.3) is 0 Å². The van der Waals surface area contributed by atoms with Crippen molar-refractivity contribution in [2.45, 2.75) is 47.0 Å². The summed E-state index contributed by atoms with van der Waals surface area (Å²) < 4.78 is 0. The van der Waals surface area contributed by atoms with Crippen LogP contribution in [0, 0.1) is 17.3 Å². The van der Waals surface area contributed by atoms with Crippen molar-refractivity contribution in [3.63, 3.8) is 0 Å². The second-order valence-electron chi connectivity index (χ2n) is 5.04. The monoisotopic (exact) mass is 228 g/mol. The lowest BCUT2D eigenvalue weighted by Crippen LogP contribution is -2.22. The lowest BCUT2D eigenvalue weighted by molar-refractivity contribution is -0.265. The van der Waals surface area contributed by atoms with E-state index in [0.717, 1.165) is 19.3 Å². The average Bonchev–Trinajstić information content (AvgIpc) is 2.87. The molecule has 1 rings (SSSR count). The van der Waals surface area contributed by atoms with Gasteiger partial charge in [0.15, 0.2) is 0 Å². The first-order valence-electron chi connectivity index (χ1n) is 5.84. The highest BCUT2D eigenvalue weighted by Gasteiger charge is 2.57. The minimum atomic E-state index is -0.510. The summed E-state index contributed by atoms with van der Waals surface area (Å²) in [4.78, 5) is 31.8. The lowest BCUT2D eigenvalue weighted by Gasteiger charge is -2.09. The van der Waals surface area contributed by atoms with Crippen LogP contribution in [0.5, 0.6) is 0 Å². The van der Waals surface area contributed by atoms with Crippen LogP contribution in [-0.2, 0) is 19.4 Å². The third-order valence-electron chi connectivity index (χ3n) is 3.19. The van der Waals surface area contributed by atoms with Crippen LogP contribution >= 0.6 is 0 Å². The molecule has 4 heteroatoms. The van der Waals surface area contributed by atoms with E-state index >= 15 is 0 Å². The van der Waals surface area contributed by atoms with Crippen LogP contribution in [0.1, 0.15) is 47.0 Å². The molecule has 0 bridgehead atoms. The molecule has 1 aliphatic carbocycles. The van der Waals surface area contributed by atoms with Gasteiger partial charge in [0, 0.05) is 0 Å². The summed E-state index contributed by atoms with van der Waals surface area (Å²) in [6.07, 6.45) is 2.90. The van der Waals surface area contributed by atoms with Crippen LogP contribution in [0.2, 0.25) is 0 Å². The smallest absolute Gasteiger partial charge is 0.247 e. The van der Waals surface area contributed by atoms with Gasteiger partial charge in [0.2, 0.25) is 0 Å². The molecular weight excluding hydrogens is 208 g/mol. The quantitative estimate of drug-likeness (QED) is 0.548. The topological polar surface area (TPSA) is 52.6 Å². The molecule has 0 amide bonds. The summed E-state index contributed by atoms with van der Waals surface area (Å²) >= 11 is 0. The van der Waals surface area contributed by atoms with Gasteiger partial charge in [-0.1, -0.05) is 27.2 Å². The van der Waals surface area contributed by atoms with Gasteiger partial charge in [-0.2, -0.15) is 0 Å². The van der Waals surface area contributed by atoms with Crippen LogP contribution in [0.3, 0.4) is 0 Å². The van der Waals surface area contributed by atoms with E-state index in [4.69, 9.17) is 0 Å². The molecule has 0 aromatic heterocycles. The maximum absolute atomic E-state index is 11.6. The number of hydrogen-bond acceptors (Lipinski definition) is 4. The molecule has 16 heavy (non-hydrogen) atoms. The molecule has 0 spiro atoms. The first-order chi connectivity index (χ1) is 7.41. The number of carbonyl (C=O) groups excluding carboxylic acids is 2. The molecule has 1 fully saturated rings. The van der Waals surface area contributed by atoms with E-state index in [1.807, 2.05) is 6.92 Å². The third-order valence-corrected chi connectivity index (χ3v) is 3.19. The van der Waals surface area contributed by atoms with Crippen molar-refractivity contribution in [2.24, 2.45) is 17.3 Å². The molecular formula is C12H20O4. The second kappa shape index (κ2) is 4.85. The molecule has 1 aliphatic rings. The first-order valence-corrected chi connectivity index (χ1v) is 5.84. The van der Waals surface area contributed by atoms with Gasteiger partial charge in [-0.25, -0.2) is 19.4 Å². The molecule has 0 saturated heterocycles. The van der Waals surface area contributed by atoms with Crippen LogP contribution < -0.4 is 0 Å². The Labute approximate surface area is 96.2 Å². The summed E-state index contributed by atoms with van der Waals surface area (Å²) in [7, 11) is 0. The van der Waals surface area contributed by atoms with Crippen molar-refractivity contribution >= 4 is 11.9 Å². The number of hydrogen-bond donors (Lipinski definition) is 0. The molecule has 2 unspecified atom stereocenters. The van der Waals surface area contributed by atoms with Crippen molar-refractivity contribution in [3.8, 4) is 0 Å². The molecule has 0 radical (unpaired) electrons. The van der Waals surface area contributed by atoms with E-state index in [2.05, 4.69) is 16.7 Å². The fraction of sp³-hybridized carbons (Fsp3) is 0.833. The molecule has 0 aromatic rings. The highest BCUT2D eigenvalue weighted by Crippen LogP contribution is 2.55. The Bertz CT molecular complexity index is 285. The Balaban J connectivity index is 2.34. The lowest BCUT2D eigenvalue weighted by atomic mass is 10.0. The molecule has 92 valence electrons. The predicted octanol–water partition coefficient (Wildman–Crippen LogP) is 2.47. The average molecular weight is 228 g/mol. The van der Waals surface area contributed by atoms with Gasteiger partial charge < -0.3 is 0 Å². The zero-order valence-electron chi connectivity index (χ0n) is 10.4. The summed E-state index contributed by atoms with van der Waals surface area (Å²) in [5, 5.41) is 0. The Morgan fingerprint density at radius 2 is 2.00 bits per heavy atom. The van der Waals surface area contributed by atoms with Gasteiger partial charge in [-0.3, -0.25) is 0 Å². The Kier molecular flexibility index (Phi) is 3.94. The normalized spacial score (nSPS) is 27.7. The summed E-state index contributed by atoms with van der Waals surface area (Å²) in [5.41, 5.74) is -0.437. The number of rotatable bonds is 4. The molecule has 0 N–H and O–H groups in total. The van der Waals surface area contributed by atoms with Crippen LogP contribution in [0.25, 0.3) is 0 Å². The summed E-state index contributed by atoms with van der Waals surface area (Å²) in [6.45, 7) is 7.32. The van der Waals surface area contributed by atoms with Gasteiger partial charge in [-0.05, 0) is 25.7 Å². The SMILES string of the molecule is CCCC1CC1(C)C(=O)OOC(=O)C(C)C. The molecule has 1 saturated carbocycles. The Morgan fingerprint density at radius 3 is 2.50 bits per heavy atom. The van der Waals surface area contributed by atoms with Crippen molar-refractivity contribution in [1.82, 2.24) is 0 Å². The summed E-state index contributed by atoms with van der Waals surface area (Å²) in [5.74, 6) is -0.835. The Hall–Kier alpha value is -1.06. The van der Waals surface area contributed by atoms with Gasteiger partial charge in [-0.15, -0.1) is 0 Å². The van der Waals surface area contributed by atoms with Crippen molar-refractivity contribution in [3.05, 3.63) is 0 Å². The minimum absolute atomic E-state index is 0.286. The van der Waals surface area contributed by atoms with E-state index in [-0.39, 0.29) is 5.92 Å². The largest absolute Gasteiger partial charge is 0.361 e. The van der Waals surface area contributed by atoms with E-state index in [1.165, 1.54) is 0 Å². The highest BCUT2D eigenvalue weighted by atomic mass is 17.2. The molecule has 4 nitrogen and oxygen atoms in total. The van der Waals surface area contributed by atoms with Gasteiger partial charge in [0.05, 0.1) is 11.3 Å². The fourth-order valence-corrected chi connectivity index (χ4v) is 1.74. The zero-order valence-corrected chi connectivity index (χ0v) is 10.4. The van der Waals surface area contributed by atoms with Crippen LogP contribution in [0.4, 0.5) is 0 Å². The van der Waals surface area contributed by atoms with Crippen molar-refractivity contribution in [2.75, 3.05) is 0 Å². The fourth-order valence-electron chi connectivity index (χ4n) is 1.74. The van der Waals surface area contributed by atoms with Gasteiger partial charge in [0.1, 0.15) is 0 Å².